The normalized spacial score (nSPS) is 14.4. The topological polar surface area (TPSA) is 113 Å². The van der Waals surface area contributed by atoms with E-state index in [4.69, 9.17) is 5.11 Å². The molecule has 0 radical (unpaired) electrons. The van der Waals surface area contributed by atoms with Crippen LogP contribution in [-0.4, -0.2) is 27.6 Å². The van der Waals surface area contributed by atoms with E-state index in [0.29, 0.717) is 33.7 Å². The number of amides is 1. The maximum Gasteiger partial charge on any atom is 0.335 e. The number of nitro benzene ring substituents is 1. The summed E-state index contributed by atoms with van der Waals surface area (Å²) in [6.45, 7) is 5.43. The predicted octanol–water partition coefficient (Wildman–Crippen LogP) is 5.38. The number of benzene rings is 3. The molecule has 0 saturated heterocycles. The number of aryl methyl sites for hydroxylation is 2. The minimum absolute atomic E-state index is 0.00256. The second-order valence-corrected chi connectivity index (χ2v) is 8.01. The largest absolute Gasteiger partial charge is 0.478 e. The maximum atomic E-state index is 13.2. The van der Waals surface area contributed by atoms with Crippen molar-refractivity contribution in [3.05, 3.63) is 98.6 Å². The summed E-state index contributed by atoms with van der Waals surface area (Å²) in [7, 11) is 0. The average molecular weight is 455 g/mol. The molecule has 8 heteroatoms. The Kier molecular flexibility index (Phi) is 5.81. The molecule has 0 aromatic heterocycles. The molecule has 34 heavy (non-hydrogen) atoms. The number of hydrazone groups is 1. The number of carbonyl (C=O) groups excluding carboxylic acids is 1. The first-order valence-electron chi connectivity index (χ1n) is 10.5. The Morgan fingerprint density at radius 1 is 1.00 bits per heavy atom. The number of carboxylic acid groups (broad SMARTS) is 1. The molecule has 4 rings (SSSR count). The molecular weight excluding hydrogens is 434 g/mol. The molecule has 0 fully saturated rings. The molecule has 0 spiro atoms. The van der Waals surface area contributed by atoms with Gasteiger partial charge in [-0.3, -0.25) is 14.9 Å². The molecule has 1 heterocycles. The van der Waals surface area contributed by atoms with Crippen molar-refractivity contribution in [1.29, 1.82) is 0 Å². The van der Waals surface area contributed by atoms with Gasteiger partial charge >= 0.3 is 5.97 Å². The number of aromatic carboxylic acids is 1. The van der Waals surface area contributed by atoms with E-state index in [1.165, 1.54) is 29.3 Å². The van der Waals surface area contributed by atoms with Crippen molar-refractivity contribution in [3.8, 4) is 11.1 Å². The molecule has 1 aliphatic heterocycles. The standard InChI is InChI=1S/C26H21N3O5/c1-15-12-23(24(29(33)34)13-16(15)2)21-7-5-4-6-19(21)14-22-17(3)27-28(25(22)30)20-10-8-18(9-11-20)26(31)32/h4-14H,1-3H3,(H,31,32)/b22-14-. The molecule has 0 aliphatic carbocycles. The predicted molar refractivity (Wildman–Crippen MR) is 130 cm³/mol. The molecule has 0 unspecified atom stereocenters. The van der Waals surface area contributed by atoms with Crippen LogP contribution in [0.4, 0.5) is 11.4 Å². The van der Waals surface area contributed by atoms with E-state index in [1.807, 2.05) is 13.8 Å². The third kappa shape index (κ3) is 4.09. The monoisotopic (exact) mass is 455 g/mol. The number of carbonyl (C=O) groups is 2. The van der Waals surface area contributed by atoms with Gasteiger partial charge in [0, 0.05) is 6.07 Å². The van der Waals surface area contributed by atoms with Crippen LogP contribution in [0.3, 0.4) is 0 Å². The summed E-state index contributed by atoms with van der Waals surface area (Å²) in [5.41, 5.74) is 4.88. The summed E-state index contributed by atoms with van der Waals surface area (Å²) >= 11 is 0. The van der Waals surface area contributed by atoms with Gasteiger partial charge in [0.25, 0.3) is 11.6 Å². The lowest BCUT2D eigenvalue weighted by Crippen LogP contribution is -2.21. The van der Waals surface area contributed by atoms with Gasteiger partial charge in [-0.05, 0) is 79.4 Å². The van der Waals surface area contributed by atoms with Crippen molar-refractivity contribution in [3.63, 3.8) is 0 Å². The smallest absolute Gasteiger partial charge is 0.335 e. The Morgan fingerprint density at radius 2 is 1.65 bits per heavy atom. The number of nitro groups is 1. The fourth-order valence-corrected chi connectivity index (χ4v) is 3.80. The van der Waals surface area contributed by atoms with Crippen molar-refractivity contribution in [2.75, 3.05) is 5.01 Å². The first-order valence-corrected chi connectivity index (χ1v) is 10.5. The van der Waals surface area contributed by atoms with Crippen molar-refractivity contribution in [2.24, 2.45) is 5.10 Å². The fourth-order valence-electron chi connectivity index (χ4n) is 3.80. The minimum atomic E-state index is -1.06. The van der Waals surface area contributed by atoms with Gasteiger partial charge in [-0.2, -0.15) is 10.1 Å². The molecule has 0 saturated carbocycles. The average Bonchev–Trinajstić information content (AvgIpc) is 3.09. The number of rotatable bonds is 5. The van der Waals surface area contributed by atoms with Crippen molar-refractivity contribution < 1.29 is 19.6 Å². The zero-order chi connectivity index (χ0) is 24.6. The summed E-state index contributed by atoms with van der Waals surface area (Å²) < 4.78 is 0. The summed E-state index contributed by atoms with van der Waals surface area (Å²) in [5.74, 6) is -1.43. The molecule has 3 aromatic carbocycles. The van der Waals surface area contributed by atoms with Crippen LogP contribution in [0.5, 0.6) is 0 Å². The molecule has 0 bridgehead atoms. The highest BCUT2D eigenvalue weighted by Gasteiger charge is 2.29. The Morgan fingerprint density at radius 3 is 2.29 bits per heavy atom. The minimum Gasteiger partial charge on any atom is -0.478 e. The van der Waals surface area contributed by atoms with Gasteiger partial charge in [0.05, 0.1) is 33.0 Å². The Labute approximate surface area is 195 Å². The number of hydrogen-bond acceptors (Lipinski definition) is 5. The molecule has 8 nitrogen and oxygen atoms in total. The van der Waals surface area contributed by atoms with Crippen LogP contribution in [-0.2, 0) is 4.79 Å². The molecule has 3 aromatic rings. The summed E-state index contributed by atoms with van der Waals surface area (Å²) in [6, 6.07) is 16.4. The number of carboxylic acids is 1. The Hall–Kier alpha value is -4.59. The highest BCUT2D eigenvalue weighted by atomic mass is 16.6. The highest BCUT2D eigenvalue weighted by molar-refractivity contribution is 6.32. The molecule has 1 aliphatic rings. The van der Waals surface area contributed by atoms with Crippen LogP contribution in [0.1, 0.15) is 34.0 Å². The summed E-state index contributed by atoms with van der Waals surface area (Å²) in [5, 5.41) is 26.4. The van der Waals surface area contributed by atoms with E-state index in [1.54, 1.807) is 49.4 Å². The van der Waals surface area contributed by atoms with Crippen LogP contribution in [0.2, 0.25) is 0 Å². The van der Waals surface area contributed by atoms with Gasteiger partial charge in [0.2, 0.25) is 0 Å². The van der Waals surface area contributed by atoms with Crippen molar-refractivity contribution >= 4 is 35.0 Å². The molecule has 1 N–H and O–H groups in total. The Bertz CT molecular complexity index is 1400. The van der Waals surface area contributed by atoms with Crippen LogP contribution in [0, 0.1) is 24.0 Å². The quantitative estimate of drug-likeness (QED) is 0.315. The molecule has 1 amide bonds. The van der Waals surface area contributed by atoms with Crippen LogP contribution < -0.4 is 5.01 Å². The van der Waals surface area contributed by atoms with E-state index >= 15 is 0 Å². The molecule has 170 valence electrons. The summed E-state index contributed by atoms with van der Waals surface area (Å²) in [6.07, 6.45) is 1.68. The van der Waals surface area contributed by atoms with Crippen molar-refractivity contribution in [1.82, 2.24) is 0 Å². The van der Waals surface area contributed by atoms with Gasteiger partial charge in [-0.25, -0.2) is 4.79 Å². The van der Waals surface area contributed by atoms with Gasteiger partial charge in [-0.1, -0.05) is 24.3 Å². The SMILES string of the molecule is CC1=NN(c2ccc(C(=O)O)cc2)C(=O)/C1=C\c1ccccc1-c1cc(C)c(C)cc1[N+](=O)[O-]. The zero-order valence-corrected chi connectivity index (χ0v) is 18.8. The third-order valence-corrected chi connectivity index (χ3v) is 5.78. The van der Waals surface area contributed by atoms with Gasteiger partial charge < -0.3 is 5.11 Å². The lowest BCUT2D eigenvalue weighted by atomic mass is 9.93. The van der Waals surface area contributed by atoms with Crippen LogP contribution in [0.15, 0.2) is 71.3 Å². The van der Waals surface area contributed by atoms with E-state index in [9.17, 15) is 19.7 Å². The molecular formula is C26H21N3O5. The molecule has 0 atom stereocenters. The van der Waals surface area contributed by atoms with E-state index < -0.39 is 10.9 Å². The second kappa shape index (κ2) is 8.74. The van der Waals surface area contributed by atoms with Crippen LogP contribution in [0.25, 0.3) is 17.2 Å². The lowest BCUT2D eigenvalue weighted by molar-refractivity contribution is -0.384. The maximum absolute atomic E-state index is 13.2. The first kappa shape index (κ1) is 22.6. The number of hydrogen-bond donors (Lipinski definition) is 1. The number of anilines is 1. The third-order valence-electron chi connectivity index (χ3n) is 5.78. The second-order valence-electron chi connectivity index (χ2n) is 8.01. The van der Waals surface area contributed by atoms with Crippen LogP contribution >= 0.6 is 0 Å². The summed E-state index contributed by atoms with van der Waals surface area (Å²) in [4.78, 5) is 35.6. The van der Waals surface area contributed by atoms with E-state index in [2.05, 4.69) is 5.10 Å². The Balaban J connectivity index is 1.77. The zero-order valence-electron chi connectivity index (χ0n) is 18.8. The first-order chi connectivity index (χ1) is 16.2. The van der Waals surface area contributed by atoms with E-state index in [0.717, 1.165) is 11.1 Å². The lowest BCUT2D eigenvalue weighted by Gasteiger charge is -2.12. The van der Waals surface area contributed by atoms with Gasteiger partial charge in [0.15, 0.2) is 0 Å². The van der Waals surface area contributed by atoms with Gasteiger partial charge in [-0.15, -0.1) is 0 Å². The van der Waals surface area contributed by atoms with Crippen molar-refractivity contribution in [2.45, 2.75) is 20.8 Å². The fraction of sp³-hybridized carbons (Fsp3) is 0.115. The van der Waals surface area contributed by atoms with E-state index in [-0.39, 0.29) is 17.2 Å². The number of nitrogens with zero attached hydrogens (tertiary/aromatic N) is 3. The highest BCUT2D eigenvalue weighted by Crippen LogP contribution is 2.36. The van der Waals surface area contributed by atoms with Gasteiger partial charge in [0.1, 0.15) is 0 Å².